The first kappa shape index (κ1) is 17.5. The number of fused-ring (bicyclic) bond motifs is 1. The van der Waals surface area contributed by atoms with Gasteiger partial charge in [0.05, 0.1) is 0 Å². The molecule has 2 aliphatic rings. The van der Waals surface area contributed by atoms with Crippen molar-refractivity contribution in [1.82, 2.24) is 0 Å². The van der Waals surface area contributed by atoms with E-state index in [0.717, 1.165) is 37.5 Å². The maximum absolute atomic E-state index is 10.6. The van der Waals surface area contributed by atoms with E-state index in [1.807, 2.05) is 6.92 Å². The van der Waals surface area contributed by atoms with Crippen LogP contribution in [0, 0.1) is 22.7 Å². The number of hydrogen-bond donors (Lipinski definition) is 1. The summed E-state index contributed by atoms with van der Waals surface area (Å²) in [6.07, 6.45) is 10.5. The predicted molar refractivity (Wildman–Crippen MR) is 91.6 cm³/mol. The fourth-order valence-corrected chi connectivity index (χ4v) is 5.38. The van der Waals surface area contributed by atoms with Gasteiger partial charge in [-0.1, -0.05) is 38.0 Å². The second-order valence-corrected chi connectivity index (χ2v) is 8.16. The molecule has 0 heterocycles. The number of aliphatic hydroxyl groups excluding tert-OH is 1. The molecular formula is C20H32O2. The molecule has 0 radical (unpaired) electrons. The van der Waals surface area contributed by atoms with E-state index in [-0.39, 0.29) is 10.8 Å². The molecule has 0 aliphatic heterocycles. The highest BCUT2D eigenvalue weighted by Gasteiger charge is 2.53. The molecular weight excluding hydrogens is 272 g/mol. The molecule has 0 spiro atoms. The Morgan fingerprint density at radius 3 is 2.77 bits per heavy atom. The van der Waals surface area contributed by atoms with Crippen molar-refractivity contribution in [2.45, 2.75) is 65.7 Å². The molecule has 2 aliphatic carbocycles. The quantitative estimate of drug-likeness (QED) is 0.455. The first-order valence-electron chi connectivity index (χ1n) is 8.77. The van der Waals surface area contributed by atoms with E-state index in [4.69, 9.17) is 0 Å². The van der Waals surface area contributed by atoms with Gasteiger partial charge in [0.15, 0.2) is 0 Å². The molecule has 2 rings (SSSR count). The molecule has 0 amide bonds. The molecule has 22 heavy (non-hydrogen) atoms. The van der Waals surface area contributed by atoms with Crippen LogP contribution in [0.1, 0.15) is 65.7 Å². The van der Waals surface area contributed by atoms with Crippen LogP contribution in [-0.2, 0) is 4.79 Å². The molecule has 0 aromatic rings. The highest BCUT2D eigenvalue weighted by atomic mass is 16.3. The molecule has 0 unspecified atom stereocenters. The lowest BCUT2D eigenvalue weighted by molar-refractivity contribution is -0.104. The molecule has 2 nitrogen and oxygen atoms in total. The van der Waals surface area contributed by atoms with Gasteiger partial charge < -0.3 is 5.11 Å². The fraction of sp³-hybridized carbons (Fsp3) is 0.750. The van der Waals surface area contributed by atoms with Gasteiger partial charge in [0, 0.05) is 6.61 Å². The monoisotopic (exact) mass is 304 g/mol. The Morgan fingerprint density at radius 1 is 1.41 bits per heavy atom. The SMILES string of the molecule is C=C1CC[C@H]2[C@@](C)(CO)CCC[C@]2(C)[C@H]1CCC(C)=CC=O. The Hall–Kier alpha value is -0.890. The Morgan fingerprint density at radius 2 is 2.14 bits per heavy atom. The smallest absolute Gasteiger partial charge is 0.142 e. The molecule has 0 aromatic carbocycles. The van der Waals surface area contributed by atoms with E-state index in [1.54, 1.807) is 6.08 Å². The fourth-order valence-electron chi connectivity index (χ4n) is 5.38. The van der Waals surface area contributed by atoms with Gasteiger partial charge in [0.25, 0.3) is 0 Å². The number of allylic oxidation sites excluding steroid dienone is 3. The number of hydrogen-bond acceptors (Lipinski definition) is 2. The van der Waals surface area contributed by atoms with Crippen LogP contribution in [-0.4, -0.2) is 18.0 Å². The minimum absolute atomic E-state index is 0.0691. The largest absolute Gasteiger partial charge is 0.396 e. The van der Waals surface area contributed by atoms with E-state index >= 15 is 0 Å². The normalized spacial score (nSPS) is 39.5. The Labute approximate surface area is 135 Å². The van der Waals surface area contributed by atoms with Crippen molar-refractivity contribution in [3.8, 4) is 0 Å². The van der Waals surface area contributed by atoms with Crippen molar-refractivity contribution in [3.05, 3.63) is 23.8 Å². The van der Waals surface area contributed by atoms with Gasteiger partial charge in [-0.25, -0.2) is 0 Å². The Balaban J connectivity index is 2.22. The van der Waals surface area contributed by atoms with Gasteiger partial charge in [-0.3, -0.25) is 4.79 Å². The summed E-state index contributed by atoms with van der Waals surface area (Å²) in [6, 6.07) is 0. The van der Waals surface area contributed by atoms with Crippen LogP contribution in [0.15, 0.2) is 23.8 Å². The highest BCUT2D eigenvalue weighted by molar-refractivity contribution is 5.65. The molecule has 0 bridgehead atoms. The average Bonchev–Trinajstić information content (AvgIpc) is 2.46. The minimum atomic E-state index is 0.0691. The van der Waals surface area contributed by atoms with Crippen LogP contribution in [0.25, 0.3) is 0 Å². The van der Waals surface area contributed by atoms with Crippen molar-refractivity contribution < 1.29 is 9.90 Å². The molecule has 2 saturated carbocycles. The number of carbonyl (C=O) groups excluding carboxylic acids is 1. The van der Waals surface area contributed by atoms with E-state index < -0.39 is 0 Å². The zero-order chi connectivity index (χ0) is 16.4. The third-order valence-corrected chi connectivity index (χ3v) is 6.68. The molecule has 124 valence electrons. The second-order valence-electron chi connectivity index (χ2n) is 8.16. The van der Waals surface area contributed by atoms with E-state index in [1.165, 1.54) is 24.8 Å². The van der Waals surface area contributed by atoms with Crippen molar-refractivity contribution in [2.24, 2.45) is 22.7 Å². The van der Waals surface area contributed by atoms with Crippen LogP contribution in [0.2, 0.25) is 0 Å². The summed E-state index contributed by atoms with van der Waals surface area (Å²) in [5.41, 5.74) is 2.88. The number of carbonyl (C=O) groups is 1. The zero-order valence-corrected chi connectivity index (χ0v) is 14.5. The first-order chi connectivity index (χ1) is 10.4. The lowest BCUT2D eigenvalue weighted by atomic mass is 9.47. The molecule has 0 aromatic heterocycles. The highest BCUT2D eigenvalue weighted by Crippen LogP contribution is 2.61. The maximum Gasteiger partial charge on any atom is 0.142 e. The molecule has 1 N–H and O–H groups in total. The van der Waals surface area contributed by atoms with Crippen LogP contribution in [0.4, 0.5) is 0 Å². The predicted octanol–water partition coefficient (Wildman–Crippen LogP) is 4.68. The first-order valence-corrected chi connectivity index (χ1v) is 8.77. The van der Waals surface area contributed by atoms with Crippen molar-refractivity contribution in [3.63, 3.8) is 0 Å². The van der Waals surface area contributed by atoms with Gasteiger partial charge >= 0.3 is 0 Å². The van der Waals surface area contributed by atoms with Crippen molar-refractivity contribution in [2.75, 3.05) is 6.61 Å². The number of aldehydes is 1. The standard InChI is InChI=1S/C20H32O2/c1-15(10-13-21)6-8-17-16(2)7-9-18-19(3,14-22)11-5-12-20(17,18)4/h10,13,17-18,22H,2,5-9,11-12,14H2,1,3-4H3/t17-,18-,19+,20+/m0/s1. The Kier molecular flexibility index (Phi) is 5.32. The topological polar surface area (TPSA) is 37.3 Å². The summed E-state index contributed by atoms with van der Waals surface area (Å²) >= 11 is 0. The van der Waals surface area contributed by atoms with Gasteiger partial charge in [-0.2, -0.15) is 0 Å². The van der Waals surface area contributed by atoms with E-state index in [9.17, 15) is 9.90 Å². The van der Waals surface area contributed by atoms with Crippen LogP contribution in [0.5, 0.6) is 0 Å². The van der Waals surface area contributed by atoms with Gasteiger partial charge in [-0.05, 0) is 74.2 Å². The molecule has 4 atom stereocenters. The molecule has 2 fully saturated rings. The zero-order valence-electron chi connectivity index (χ0n) is 14.5. The van der Waals surface area contributed by atoms with Crippen molar-refractivity contribution >= 4 is 6.29 Å². The summed E-state index contributed by atoms with van der Waals surface area (Å²) in [4.78, 5) is 10.6. The Bertz CT molecular complexity index is 464. The molecule has 0 saturated heterocycles. The van der Waals surface area contributed by atoms with Crippen LogP contribution < -0.4 is 0 Å². The third kappa shape index (κ3) is 3.08. The average molecular weight is 304 g/mol. The number of rotatable bonds is 5. The lowest BCUT2D eigenvalue weighted by Crippen LogP contribution is -2.51. The van der Waals surface area contributed by atoms with Crippen LogP contribution >= 0.6 is 0 Å². The van der Waals surface area contributed by atoms with E-state index in [0.29, 0.717) is 18.4 Å². The van der Waals surface area contributed by atoms with Gasteiger partial charge in [0.2, 0.25) is 0 Å². The lowest BCUT2D eigenvalue weighted by Gasteiger charge is -2.58. The summed E-state index contributed by atoms with van der Waals surface area (Å²) in [5, 5.41) is 9.97. The minimum Gasteiger partial charge on any atom is -0.396 e. The summed E-state index contributed by atoms with van der Waals surface area (Å²) < 4.78 is 0. The van der Waals surface area contributed by atoms with E-state index in [2.05, 4.69) is 20.4 Å². The molecule has 2 heteroatoms. The maximum atomic E-state index is 10.6. The van der Waals surface area contributed by atoms with Gasteiger partial charge in [0.1, 0.15) is 6.29 Å². The summed E-state index contributed by atoms with van der Waals surface area (Å²) in [7, 11) is 0. The van der Waals surface area contributed by atoms with Gasteiger partial charge in [-0.15, -0.1) is 0 Å². The van der Waals surface area contributed by atoms with Crippen molar-refractivity contribution in [1.29, 1.82) is 0 Å². The second kappa shape index (κ2) is 6.70. The summed E-state index contributed by atoms with van der Waals surface area (Å²) in [5.74, 6) is 1.11. The third-order valence-electron chi connectivity index (χ3n) is 6.68. The summed E-state index contributed by atoms with van der Waals surface area (Å²) in [6.45, 7) is 11.4. The number of aliphatic hydroxyl groups is 1. The van der Waals surface area contributed by atoms with Crippen LogP contribution in [0.3, 0.4) is 0 Å².